The van der Waals surface area contributed by atoms with Crippen LogP contribution in [0, 0.1) is 0 Å². The highest BCUT2D eigenvalue weighted by molar-refractivity contribution is 6.21. The molecule has 0 saturated carbocycles. The Kier molecular flexibility index (Phi) is 6.46. The normalized spacial score (nSPS) is 14.6. The average molecular weight is 689 g/mol. The van der Waals surface area contributed by atoms with Crippen LogP contribution in [0.4, 0.5) is 0 Å². The van der Waals surface area contributed by atoms with Gasteiger partial charge in [-0.05, 0) is 128 Å². The molecular weight excluding hydrogens is 649 g/mol. The molecule has 0 heteroatoms. The van der Waals surface area contributed by atoms with Gasteiger partial charge in [-0.3, -0.25) is 0 Å². The van der Waals surface area contributed by atoms with Gasteiger partial charge in [-0.25, -0.2) is 0 Å². The minimum atomic E-state index is -0.0774. The fourth-order valence-corrected chi connectivity index (χ4v) is 10.2. The molecule has 54 heavy (non-hydrogen) atoms. The molecule has 0 radical (unpaired) electrons. The van der Waals surface area contributed by atoms with E-state index >= 15 is 0 Å². The van der Waals surface area contributed by atoms with Crippen molar-refractivity contribution in [3.05, 3.63) is 192 Å². The summed E-state index contributed by atoms with van der Waals surface area (Å²) in [6.07, 6.45) is 0. The van der Waals surface area contributed by atoms with Crippen molar-refractivity contribution < 1.29 is 0 Å². The van der Waals surface area contributed by atoms with E-state index in [1.165, 1.54) is 110 Å². The fourth-order valence-electron chi connectivity index (χ4n) is 10.2. The van der Waals surface area contributed by atoms with Crippen LogP contribution in [0.3, 0.4) is 0 Å². The van der Waals surface area contributed by atoms with Crippen LogP contribution in [0.15, 0.2) is 170 Å². The fraction of sp³-hybridized carbons (Fsp3) is 0.111. The first kappa shape index (κ1) is 31.3. The Balaban J connectivity index is 1.10. The third-order valence-electron chi connectivity index (χ3n) is 12.8. The molecule has 0 N–H and O–H groups in total. The quantitative estimate of drug-likeness (QED) is 0.162. The Morgan fingerprint density at radius 2 is 0.833 bits per heavy atom. The maximum Gasteiger partial charge on any atom is 0.0165 e. The van der Waals surface area contributed by atoms with E-state index in [1.54, 1.807) is 0 Å². The maximum atomic E-state index is 2.49. The summed E-state index contributed by atoms with van der Waals surface area (Å²) < 4.78 is 0. The summed E-state index contributed by atoms with van der Waals surface area (Å²) in [4.78, 5) is 0. The first-order chi connectivity index (χ1) is 26.3. The van der Waals surface area contributed by atoms with Gasteiger partial charge in [0.2, 0.25) is 0 Å². The van der Waals surface area contributed by atoms with Gasteiger partial charge < -0.3 is 0 Å². The van der Waals surface area contributed by atoms with E-state index in [2.05, 4.69) is 198 Å². The van der Waals surface area contributed by atoms with Crippen molar-refractivity contribution in [2.24, 2.45) is 0 Å². The summed E-state index contributed by atoms with van der Waals surface area (Å²) in [6.45, 7) is 9.63. The van der Waals surface area contributed by atoms with Gasteiger partial charge in [0.1, 0.15) is 0 Å². The molecule has 0 aliphatic heterocycles. The second kappa shape index (κ2) is 11.1. The van der Waals surface area contributed by atoms with Crippen LogP contribution < -0.4 is 0 Å². The highest BCUT2D eigenvalue weighted by Gasteiger charge is 2.44. The number of hydrogen-bond donors (Lipinski definition) is 0. The number of benzene rings is 9. The van der Waals surface area contributed by atoms with Crippen LogP contribution >= 0.6 is 0 Å². The SMILES string of the molecule is CC1(C)c2ccc(-c3cccc(-c4c5ccccc5c(-c5ccc6ccccc6c5)c5ccccc45)c3)cc2-c2c1ccc1c2C(C)(C)c2ccccc2-1. The van der Waals surface area contributed by atoms with Crippen LogP contribution in [0.1, 0.15) is 49.9 Å². The number of rotatable bonds is 3. The molecule has 0 unspecified atom stereocenters. The molecule has 0 bridgehead atoms. The molecule has 2 aliphatic carbocycles. The number of fused-ring (bicyclic) bond motifs is 10. The summed E-state index contributed by atoms with van der Waals surface area (Å²) in [7, 11) is 0. The minimum absolute atomic E-state index is 0.0739. The van der Waals surface area contributed by atoms with Gasteiger partial charge in [0.25, 0.3) is 0 Å². The standard InChI is InChI=1S/C54H40/c1-53(2)47-28-26-36(32-45(47)51-48(53)29-27-44-39-18-11-12-23-46(39)54(3,4)52(44)51)35-16-13-17-37(31-35)49-40-19-7-9-21-42(40)50(43-22-10-8-20-41(43)49)38-25-24-33-14-5-6-15-34(33)30-38/h5-32H,1-4H3. The molecule has 0 saturated heterocycles. The Morgan fingerprint density at radius 3 is 1.56 bits per heavy atom. The summed E-state index contributed by atoms with van der Waals surface area (Å²) in [5.74, 6) is 0. The first-order valence-electron chi connectivity index (χ1n) is 19.3. The van der Waals surface area contributed by atoms with E-state index in [0.29, 0.717) is 0 Å². The maximum absolute atomic E-state index is 2.49. The molecule has 9 aromatic carbocycles. The molecule has 9 aromatic rings. The summed E-state index contributed by atoms with van der Waals surface area (Å²) >= 11 is 0. The van der Waals surface area contributed by atoms with Gasteiger partial charge in [0.15, 0.2) is 0 Å². The predicted octanol–water partition coefficient (Wildman–Crippen LogP) is 14.8. The zero-order valence-electron chi connectivity index (χ0n) is 31.2. The lowest BCUT2D eigenvalue weighted by molar-refractivity contribution is 0.647. The summed E-state index contributed by atoms with van der Waals surface area (Å²) in [6, 6.07) is 63.8. The van der Waals surface area contributed by atoms with Crippen molar-refractivity contribution in [3.8, 4) is 55.6 Å². The molecule has 11 rings (SSSR count). The molecule has 0 atom stereocenters. The van der Waals surface area contributed by atoms with Crippen LogP contribution in [0.2, 0.25) is 0 Å². The van der Waals surface area contributed by atoms with Crippen molar-refractivity contribution in [2.75, 3.05) is 0 Å². The van der Waals surface area contributed by atoms with Gasteiger partial charge in [0.05, 0.1) is 0 Å². The van der Waals surface area contributed by atoms with Gasteiger partial charge in [-0.2, -0.15) is 0 Å². The van der Waals surface area contributed by atoms with Gasteiger partial charge >= 0.3 is 0 Å². The molecule has 0 amide bonds. The molecule has 2 aliphatic rings. The van der Waals surface area contributed by atoms with Crippen LogP contribution in [-0.4, -0.2) is 0 Å². The topological polar surface area (TPSA) is 0 Å². The van der Waals surface area contributed by atoms with Crippen molar-refractivity contribution in [3.63, 3.8) is 0 Å². The van der Waals surface area contributed by atoms with E-state index in [1.807, 2.05) is 0 Å². The molecule has 0 nitrogen and oxygen atoms in total. The second-order valence-electron chi connectivity index (χ2n) is 16.5. The van der Waals surface area contributed by atoms with E-state index in [9.17, 15) is 0 Å². The molecule has 0 spiro atoms. The lowest BCUT2D eigenvalue weighted by Crippen LogP contribution is -2.18. The van der Waals surface area contributed by atoms with Gasteiger partial charge in [0, 0.05) is 10.8 Å². The predicted molar refractivity (Wildman–Crippen MR) is 230 cm³/mol. The summed E-state index contributed by atoms with van der Waals surface area (Å²) in [5.41, 5.74) is 18.8. The first-order valence-corrected chi connectivity index (χ1v) is 19.3. The number of hydrogen-bond acceptors (Lipinski definition) is 0. The van der Waals surface area contributed by atoms with E-state index in [-0.39, 0.29) is 10.8 Å². The van der Waals surface area contributed by atoms with Crippen LogP contribution in [0.25, 0.3) is 88.0 Å². The smallest absolute Gasteiger partial charge is 0.0165 e. The molecule has 256 valence electrons. The third-order valence-corrected chi connectivity index (χ3v) is 12.8. The molecular formula is C54H40. The molecule has 0 fully saturated rings. The van der Waals surface area contributed by atoms with E-state index in [4.69, 9.17) is 0 Å². The third kappa shape index (κ3) is 4.26. The summed E-state index contributed by atoms with van der Waals surface area (Å²) in [5, 5.41) is 7.64. The Hall–Kier alpha value is -6.24. The second-order valence-corrected chi connectivity index (χ2v) is 16.5. The lowest BCUT2D eigenvalue weighted by atomic mass is 9.77. The Morgan fingerprint density at radius 1 is 0.296 bits per heavy atom. The van der Waals surface area contributed by atoms with Crippen molar-refractivity contribution >= 4 is 32.3 Å². The van der Waals surface area contributed by atoms with Gasteiger partial charge in [-0.1, -0.05) is 179 Å². The average Bonchev–Trinajstić information content (AvgIpc) is 3.58. The Labute approximate surface area is 317 Å². The van der Waals surface area contributed by atoms with E-state index < -0.39 is 0 Å². The zero-order valence-corrected chi connectivity index (χ0v) is 31.2. The van der Waals surface area contributed by atoms with Crippen LogP contribution in [0.5, 0.6) is 0 Å². The molecule has 0 aromatic heterocycles. The minimum Gasteiger partial charge on any atom is -0.0619 e. The Bertz CT molecular complexity index is 2990. The largest absolute Gasteiger partial charge is 0.0619 e. The van der Waals surface area contributed by atoms with Crippen molar-refractivity contribution in [2.45, 2.75) is 38.5 Å². The molecule has 0 heterocycles. The van der Waals surface area contributed by atoms with Gasteiger partial charge in [-0.15, -0.1) is 0 Å². The monoisotopic (exact) mass is 688 g/mol. The highest BCUT2D eigenvalue weighted by Crippen LogP contribution is 2.59. The van der Waals surface area contributed by atoms with E-state index in [0.717, 1.165) is 0 Å². The van der Waals surface area contributed by atoms with Crippen molar-refractivity contribution in [1.82, 2.24) is 0 Å². The van der Waals surface area contributed by atoms with Crippen LogP contribution in [-0.2, 0) is 10.8 Å². The zero-order chi connectivity index (χ0) is 36.3. The van der Waals surface area contributed by atoms with Crippen molar-refractivity contribution in [1.29, 1.82) is 0 Å². The highest BCUT2D eigenvalue weighted by atomic mass is 14.5. The lowest BCUT2D eigenvalue weighted by Gasteiger charge is -2.26.